The van der Waals surface area contributed by atoms with Gasteiger partial charge >= 0.3 is 0 Å². The molecule has 4 heteroatoms. The fraction of sp³-hybridized carbons (Fsp3) is 0.600. The molecule has 0 heterocycles. The van der Waals surface area contributed by atoms with Crippen LogP contribution >= 0.6 is 0 Å². The van der Waals surface area contributed by atoms with Crippen molar-refractivity contribution in [1.29, 1.82) is 0 Å². The van der Waals surface area contributed by atoms with Crippen LogP contribution in [0.4, 0.5) is 5.69 Å². The Morgan fingerprint density at radius 3 is 1.89 bits per heavy atom. The van der Waals surface area contributed by atoms with Gasteiger partial charge in [0.15, 0.2) is 0 Å². The molecule has 0 fully saturated rings. The van der Waals surface area contributed by atoms with Gasteiger partial charge in [-0.25, -0.2) is 8.42 Å². The lowest BCUT2D eigenvalue weighted by molar-refractivity contribution is 0.599. The van der Waals surface area contributed by atoms with E-state index in [1.165, 1.54) is 0 Å². The standard InChI is InChI=1S/C15H25NO2S/c1-6-10-19(17,18)16-15-13(11(2)3)8-7-9-14(15)12(4)5/h7-9,11-12,16H,6,10H2,1-5H3. The molecule has 0 unspecified atom stereocenters. The zero-order valence-electron chi connectivity index (χ0n) is 12.5. The van der Waals surface area contributed by atoms with Crippen molar-refractivity contribution >= 4 is 15.7 Å². The summed E-state index contributed by atoms with van der Waals surface area (Å²) in [7, 11) is -3.25. The molecule has 1 aromatic carbocycles. The Hall–Kier alpha value is -1.03. The molecule has 0 amide bonds. The van der Waals surface area contributed by atoms with Crippen molar-refractivity contribution in [3.63, 3.8) is 0 Å². The summed E-state index contributed by atoms with van der Waals surface area (Å²) >= 11 is 0. The average Bonchev–Trinajstić information content (AvgIpc) is 2.27. The maximum absolute atomic E-state index is 12.0. The minimum absolute atomic E-state index is 0.164. The summed E-state index contributed by atoms with van der Waals surface area (Å²) in [6.07, 6.45) is 0.621. The van der Waals surface area contributed by atoms with Gasteiger partial charge in [0.25, 0.3) is 0 Å². The summed E-state index contributed by atoms with van der Waals surface area (Å²) in [5.41, 5.74) is 2.90. The summed E-state index contributed by atoms with van der Waals surface area (Å²) in [4.78, 5) is 0. The summed E-state index contributed by atoms with van der Waals surface area (Å²) in [5.74, 6) is 0.743. The van der Waals surface area contributed by atoms with Crippen LogP contribution in [0.25, 0.3) is 0 Å². The highest BCUT2D eigenvalue weighted by molar-refractivity contribution is 7.92. The summed E-state index contributed by atoms with van der Waals surface area (Å²) in [5, 5.41) is 0. The molecule has 1 rings (SSSR count). The summed E-state index contributed by atoms with van der Waals surface area (Å²) < 4.78 is 26.9. The first-order valence-corrected chi connectivity index (χ1v) is 8.57. The lowest BCUT2D eigenvalue weighted by atomic mass is 9.93. The quantitative estimate of drug-likeness (QED) is 0.855. The molecule has 3 nitrogen and oxygen atoms in total. The minimum Gasteiger partial charge on any atom is -0.283 e. The smallest absolute Gasteiger partial charge is 0.232 e. The predicted molar refractivity (Wildman–Crippen MR) is 82.3 cm³/mol. The molecule has 0 aliphatic heterocycles. The summed E-state index contributed by atoms with van der Waals surface area (Å²) in [6.45, 7) is 10.2. The number of para-hydroxylation sites is 1. The zero-order chi connectivity index (χ0) is 14.6. The van der Waals surface area contributed by atoms with E-state index in [0.717, 1.165) is 16.8 Å². The third-order valence-corrected chi connectivity index (χ3v) is 4.56. The van der Waals surface area contributed by atoms with Crippen molar-refractivity contribution in [3.8, 4) is 0 Å². The Morgan fingerprint density at radius 1 is 1.05 bits per heavy atom. The topological polar surface area (TPSA) is 46.2 Å². The van der Waals surface area contributed by atoms with E-state index >= 15 is 0 Å². The first-order chi connectivity index (χ1) is 8.78. The second-order valence-corrected chi connectivity index (χ2v) is 7.38. The van der Waals surface area contributed by atoms with E-state index in [4.69, 9.17) is 0 Å². The van der Waals surface area contributed by atoms with Gasteiger partial charge in [0.1, 0.15) is 0 Å². The molecule has 0 aliphatic carbocycles. The molecule has 0 spiro atoms. The molecule has 0 saturated carbocycles. The van der Waals surface area contributed by atoms with Gasteiger partial charge in [-0.15, -0.1) is 0 Å². The number of nitrogens with one attached hydrogen (secondary N) is 1. The third-order valence-electron chi connectivity index (χ3n) is 3.10. The number of hydrogen-bond acceptors (Lipinski definition) is 2. The maximum atomic E-state index is 12.0. The van der Waals surface area contributed by atoms with Gasteiger partial charge in [0.2, 0.25) is 10.0 Å². The zero-order valence-corrected chi connectivity index (χ0v) is 13.3. The number of rotatable bonds is 6. The Bertz CT molecular complexity index is 493. The van der Waals surface area contributed by atoms with Crippen molar-refractivity contribution in [1.82, 2.24) is 0 Å². The van der Waals surface area contributed by atoms with E-state index in [1.807, 2.05) is 25.1 Å². The predicted octanol–water partition coefficient (Wildman–Crippen LogP) is 4.09. The van der Waals surface area contributed by atoms with Gasteiger partial charge in [-0.2, -0.15) is 0 Å². The molecule has 0 atom stereocenters. The van der Waals surface area contributed by atoms with Crippen LogP contribution in [-0.2, 0) is 10.0 Å². The van der Waals surface area contributed by atoms with Crippen molar-refractivity contribution < 1.29 is 8.42 Å². The van der Waals surface area contributed by atoms with Crippen LogP contribution in [0.2, 0.25) is 0 Å². The van der Waals surface area contributed by atoms with Crippen LogP contribution in [0.3, 0.4) is 0 Å². The molecule has 0 bridgehead atoms. The molecular weight excluding hydrogens is 258 g/mol. The highest BCUT2D eigenvalue weighted by atomic mass is 32.2. The number of sulfonamides is 1. The van der Waals surface area contributed by atoms with Gasteiger partial charge in [0.05, 0.1) is 11.4 Å². The summed E-state index contributed by atoms with van der Waals surface area (Å²) in [6, 6.07) is 6.00. The first-order valence-electron chi connectivity index (χ1n) is 6.91. The third kappa shape index (κ3) is 4.23. The highest BCUT2D eigenvalue weighted by Gasteiger charge is 2.18. The Kier molecular flexibility index (Phi) is 5.41. The minimum atomic E-state index is -3.25. The van der Waals surface area contributed by atoms with Crippen molar-refractivity contribution in [3.05, 3.63) is 29.3 Å². The molecule has 0 aromatic heterocycles. The Morgan fingerprint density at radius 2 is 1.53 bits per heavy atom. The van der Waals surface area contributed by atoms with Gasteiger partial charge in [0, 0.05) is 0 Å². The largest absolute Gasteiger partial charge is 0.283 e. The van der Waals surface area contributed by atoms with Crippen molar-refractivity contribution in [2.24, 2.45) is 0 Å². The van der Waals surface area contributed by atoms with Gasteiger partial charge in [-0.1, -0.05) is 52.8 Å². The molecule has 108 valence electrons. The molecule has 0 radical (unpaired) electrons. The van der Waals surface area contributed by atoms with Crippen molar-refractivity contribution in [2.45, 2.75) is 52.9 Å². The number of benzene rings is 1. The van der Waals surface area contributed by atoms with Crippen LogP contribution in [0.5, 0.6) is 0 Å². The van der Waals surface area contributed by atoms with Crippen LogP contribution < -0.4 is 4.72 Å². The van der Waals surface area contributed by atoms with Gasteiger partial charge in [-0.3, -0.25) is 4.72 Å². The lowest BCUT2D eigenvalue weighted by Gasteiger charge is -2.20. The van der Waals surface area contributed by atoms with E-state index in [9.17, 15) is 8.42 Å². The normalized spacial score (nSPS) is 12.2. The monoisotopic (exact) mass is 283 g/mol. The van der Waals surface area contributed by atoms with E-state index in [-0.39, 0.29) is 17.6 Å². The molecule has 0 saturated heterocycles. The van der Waals surface area contributed by atoms with Gasteiger partial charge in [-0.05, 0) is 29.4 Å². The number of anilines is 1. The molecule has 1 aromatic rings. The SMILES string of the molecule is CCCS(=O)(=O)Nc1c(C(C)C)cccc1C(C)C. The van der Waals surface area contributed by atoms with Crippen molar-refractivity contribution in [2.75, 3.05) is 10.5 Å². The van der Waals surface area contributed by atoms with E-state index in [1.54, 1.807) is 0 Å². The molecule has 1 N–H and O–H groups in total. The second-order valence-electron chi connectivity index (χ2n) is 5.54. The van der Waals surface area contributed by atoms with Crippen LogP contribution in [-0.4, -0.2) is 14.2 Å². The van der Waals surface area contributed by atoms with E-state index < -0.39 is 10.0 Å². The highest BCUT2D eigenvalue weighted by Crippen LogP contribution is 2.33. The average molecular weight is 283 g/mol. The fourth-order valence-electron chi connectivity index (χ4n) is 2.14. The van der Waals surface area contributed by atoms with E-state index in [0.29, 0.717) is 6.42 Å². The fourth-order valence-corrected chi connectivity index (χ4v) is 3.33. The number of hydrogen-bond donors (Lipinski definition) is 1. The first kappa shape index (κ1) is 16.0. The van der Waals surface area contributed by atoms with Gasteiger partial charge < -0.3 is 0 Å². The van der Waals surface area contributed by atoms with Crippen LogP contribution in [0.1, 0.15) is 64.0 Å². The van der Waals surface area contributed by atoms with Crippen LogP contribution in [0.15, 0.2) is 18.2 Å². The Labute approximate surface area is 117 Å². The van der Waals surface area contributed by atoms with Crippen LogP contribution in [0, 0.1) is 0 Å². The maximum Gasteiger partial charge on any atom is 0.232 e. The molecular formula is C15H25NO2S. The Balaban J connectivity index is 3.30. The molecule has 19 heavy (non-hydrogen) atoms. The molecule has 0 aliphatic rings. The lowest BCUT2D eigenvalue weighted by Crippen LogP contribution is -2.19. The second kappa shape index (κ2) is 6.42. The van der Waals surface area contributed by atoms with E-state index in [2.05, 4.69) is 32.4 Å².